The van der Waals surface area contributed by atoms with Crippen molar-refractivity contribution in [2.24, 2.45) is 0 Å². The first-order valence-corrected chi connectivity index (χ1v) is 14.5. The summed E-state index contributed by atoms with van der Waals surface area (Å²) in [5.74, 6) is 1.56. The van der Waals surface area contributed by atoms with E-state index in [2.05, 4.69) is 134 Å². The highest BCUT2D eigenvalue weighted by atomic mass is 16.5. The summed E-state index contributed by atoms with van der Waals surface area (Å²) < 4.78 is 11.2. The van der Waals surface area contributed by atoms with E-state index in [4.69, 9.17) is 9.47 Å². The first kappa shape index (κ1) is 25.1. The smallest absolute Gasteiger partial charge is 0.127 e. The Hall–Kier alpha value is -5.60. The number of benzene rings is 7. The van der Waals surface area contributed by atoms with E-state index < -0.39 is 5.41 Å². The van der Waals surface area contributed by atoms with Crippen LogP contribution in [0.5, 0.6) is 11.5 Å². The van der Waals surface area contributed by atoms with Crippen molar-refractivity contribution in [3.05, 3.63) is 181 Å². The summed E-state index contributed by atoms with van der Waals surface area (Å²) in [6, 6.07) is 48.3. The molecular weight excluding hydrogens is 524 g/mol. The van der Waals surface area contributed by atoms with Gasteiger partial charge >= 0.3 is 0 Å². The van der Waals surface area contributed by atoms with Crippen LogP contribution < -0.4 is 9.47 Å². The summed E-state index contributed by atoms with van der Waals surface area (Å²) in [4.78, 5) is 0. The second-order valence-electron chi connectivity index (χ2n) is 11.0. The van der Waals surface area contributed by atoms with E-state index in [0.29, 0.717) is 0 Å². The van der Waals surface area contributed by atoms with Crippen LogP contribution in [-0.2, 0) is 5.41 Å². The zero-order valence-electron chi connectivity index (χ0n) is 23.6. The number of fused-ring (bicyclic) bond motifs is 7. The molecule has 204 valence electrons. The van der Waals surface area contributed by atoms with Crippen LogP contribution in [0.1, 0.15) is 22.3 Å². The average Bonchev–Trinajstić information content (AvgIpc) is 3.36. The van der Waals surface area contributed by atoms with E-state index in [1.165, 1.54) is 56.7 Å². The van der Waals surface area contributed by atoms with Crippen LogP contribution in [0, 0.1) is 0 Å². The molecule has 0 saturated carbocycles. The highest BCUT2D eigenvalue weighted by molar-refractivity contribution is 6.04. The van der Waals surface area contributed by atoms with Crippen LogP contribution in [0.15, 0.2) is 159 Å². The maximum Gasteiger partial charge on any atom is 0.127 e. The van der Waals surface area contributed by atoms with Crippen LogP contribution >= 0.6 is 0 Å². The van der Waals surface area contributed by atoms with Gasteiger partial charge in [0.1, 0.15) is 11.5 Å². The first-order chi connectivity index (χ1) is 21.2. The van der Waals surface area contributed by atoms with Gasteiger partial charge in [-0.1, -0.05) is 110 Å². The minimum Gasteiger partial charge on any atom is -0.466 e. The molecule has 0 heterocycles. The lowest BCUT2D eigenvalue weighted by Crippen LogP contribution is -2.28. The zero-order valence-corrected chi connectivity index (χ0v) is 23.6. The molecule has 0 bridgehead atoms. The molecule has 0 spiro atoms. The number of hydrogen-bond acceptors (Lipinski definition) is 2. The minimum absolute atomic E-state index is 0.523. The van der Waals surface area contributed by atoms with Crippen molar-refractivity contribution in [3.8, 4) is 22.6 Å². The van der Waals surface area contributed by atoms with E-state index >= 15 is 0 Å². The number of hydrogen-bond donors (Lipinski definition) is 0. The summed E-state index contributed by atoms with van der Waals surface area (Å²) in [6.45, 7) is 7.42. The molecule has 0 N–H and O–H groups in total. The Morgan fingerprint density at radius 1 is 0.465 bits per heavy atom. The van der Waals surface area contributed by atoms with Crippen LogP contribution in [0.2, 0.25) is 0 Å². The van der Waals surface area contributed by atoms with Crippen molar-refractivity contribution in [2.75, 3.05) is 0 Å². The van der Waals surface area contributed by atoms with Gasteiger partial charge in [0.15, 0.2) is 0 Å². The van der Waals surface area contributed by atoms with E-state index in [-0.39, 0.29) is 0 Å². The molecule has 0 atom stereocenters. The SMILES string of the molecule is C=COc1ccc2cc(C3(c4ccc5cc(OC=C)ccc5c4)c4ccccc4-c4c3ccc3ccccc43)ccc2c1. The highest BCUT2D eigenvalue weighted by Gasteiger charge is 2.46. The van der Waals surface area contributed by atoms with E-state index in [1.807, 2.05) is 12.1 Å². The van der Waals surface area contributed by atoms with E-state index in [1.54, 1.807) is 0 Å². The van der Waals surface area contributed by atoms with Gasteiger partial charge < -0.3 is 9.47 Å². The van der Waals surface area contributed by atoms with Crippen molar-refractivity contribution in [1.29, 1.82) is 0 Å². The van der Waals surface area contributed by atoms with Crippen molar-refractivity contribution in [1.82, 2.24) is 0 Å². The third-order valence-electron chi connectivity index (χ3n) is 8.86. The molecule has 43 heavy (non-hydrogen) atoms. The summed E-state index contributed by atoms with van der Waals surface area (Å²) in [5, 5.41) is 7.08. The molecule has 1 aliphatic rings. The molecule has 0 saturated heterocycles. The Labute approximate surface area is 250 Å². The summed E-state index contributed by atoms with van der Waals surface area (Å²) in [5.41, 5.74) is 7.10. The van der Waals surface area contributed by atoms with Gasteiger partial charge in [0.25, 0.3) is 0 Å². The molecule has 0 radical (unpaired) electrons. The lowest BCUT2D eigenvalue weighted by Gasteiger charge is -2.34. The Bertz CT molecular complexity index is 2150. The van der Waals surface area contributed by atoms with Gasteiger partial charge in [-0.25, -0.2) is 0 Å². The second kappa shape index (κ2) is 9.75. The molecule has 8 rings (SSSR count). The fourth-order valence-corrected chi connectivity index (χ4v) is 7.09. The van der Waals surface area contributed by atoms with Gasteiger partial charge in [0.2, 0.25) is 0 Å². The van der Waals surface area contributed by atoms with Gasteiger partial charge in [0, 0.05) is 0 Å². The Balaban J connectivity index is 1.47. The van der Waals surface area contributed by atoms with Crippen LogP contribution in [0.25, 0.3) is 43.4 Å². The van der Waals surface area contributed by atoms with Crippen molar-refractivity contribution in [3.63, 3.8) is 0 Å². The van der Waals surface area contributed by atoms with E-state index in [0.717, 1.165) is 33.0 Å². The molecule has 2 heteroatoms. The summed E-state index contributed by atoms with van der Waals surface area (Å²) in [6.07, 6.45) is 2.93. The average molecular weight is 553 g/mol. The molecule has 1 aliphatic carbocycles. The van der Waals surface area contributed by atoms with Gasteiger partial charge in [-0.2, -0.15) is 0 Å². The predicted molar refractivity (Wildman–Crippen MR) is 178 cm³/mol. The second-order valence-corrected chi connectivity index (χ2v) is 11.0. The third kappa shape index (κ3) is 3.73. The summed E-state index contributed by atoms with van der Waals surface area (Å²) >= 11 is 0. The first-order valence-electron chi connectivity index (χ1n) is 14.5. The zero-order chi connectivity index (χ0) is 29.0. The van der Waals surface area contributed by atoms with Crippen molar-refractivity contribution < 1.29 is 9.47 Å². The topological polar surface area (TPSA) is 18.5 Å². The third-order valence-corrected chi connectivity index (χ3v) is 8.86. The molecular formula is C41H28O2. The molecule has 0 amide bonds. The fourth-order valence-electron chi connectivity index (χ4n) is 7.09. The largest absolute Gasteiger partial charge is 0.466 e. The molecule has 7 aromatic rings. The van der Waals surface area contributed by atoms with Crippen LogP contribution in [0.4, 0.5) is 0 Å². The Morgan fingerprint density at radius 2 is 1.00 bits per heavy atom. The number of rotatable bonds is 6. The fraction of sp³-hybridized carbons (Fsp3) is 0.0244. The maximum absolute atomic E-state index is 5.58. The minimum atomic E-state index is -0.523. The number of ether oxygens (including phenoxy) is 2. The van der Waals surface area contributed by atoms with Crippen molar-refractivity contribution in [2.45, 2.75) is 5.41 Å². The molecule has 7 aromatic carbocycles. The lowest BCUT2D eigenvalue weighted by molar-refractivity contribution is 0.484. The molecule has 0 unspecified atom stereocenters. The quantitative estimate of drug-likeness (QED) is 0.191. The van der Waals surface area contributed by atoms with Gasteiger partial charge in [-0.15, -0.1) is 0 Å². The molecule has 0 aliphatic heterocycles. The standard InChI is InChI=1S/C41H28O2/c1-3-42-34-20-15-28-23-32(18-13-30(28)25-34)41(33-19-14-31-26-35(43-4-2)21-16-29(31)24-33)38-12-8-7-11-37(38)40-36-10-6-5-9-27(36)17-22-39(40)41/h3-26H,1-2H2. The normalized spacial score (nSPS) is 13.0. The monoisotopic (exact) mass is 552 g/mol. The van der Waals surface area contributed by atoms with Gasteiger partial charge in [-0.05, 0) is 102 Å². The highest BCUT2D eigenvalue weighted by Crippen LogP contribution is 2.58. The lowest BCUT2D eigenvalue weighted by atomic mass is 9.67. The molecule has 2 nitrogen and oxygen atoms in total. The van der Waals surface area contributed by atoms with Gasteiger partial charge in [0.05, 0.1) is 17.9 Å². The van der Waals surface area contributed by atoms with Crippen molar-refractivity contribution >= 4 is 32.3 Å². The molecule has 0 fully saturated rings. The Kier molecular flexibility index (Phi) is 5.70. The Morgan fingerprint density at radius 3 is 1.65 bits per heavy atom. The van der Waals surface area contributed by atoms with Gasteiger partial charge in [-0.3, -0.25) is 0 Å². The van der Waals surface area contributed by atoms with E-state index in [9.17, 15) is 0 Å². The summed E-state index contributed by atoms with van der Waals surface area (Å²) in [7, 11) is 0. The van der Waals surface area contributed by atoms with Crippen LogP contribution in [-0.4, -0.2) is 0 Å². The van der Waals surface area contributed by atoms with Crippen LogP contribution in [0.3, 0.4) is 0 Å². The molecule has 0 aromatic heterocycles. The predicted octanol–water partition coefficient (Wildman–Crippen LogP) is 10.6. The maximum atomic E-state index is 5.58.